The van der Waals surface area contributed by atoms with Crippen LogP contribution in [0.15, 0.2) is 18.2 Å². The highest BCUT2D eigenvalue weighted by Crippen LogP contribution is 2.46. The molecule has 1 aromatic carbocycles. The van der Waals surface area contributed by atoms with Crippen molar-refractivity contribution in [3.05, 3.63) is 32.9 Å². The number of halogens is 1. The molecule has 1 aliphatic heterocycles. The largest absolute Gasteiger partial charge is 0.465 e. The molecule has 2 rings (SSSR count). The molecule has 0 atom stereocenters. The van der Waals surface area contributed by atoms with Gasteiger partial charge in [-0.15, -0.1) is 0 Å². The average Bonchev–Trinajstić information content (AvgIpc) is 2.55. The number of benzene rings is 1. The highest BCUT2D eigenvalue weighted by Gasteiger charge is 2.48. The van der Waals surface area contributed by atoms with Crippen molar-refractivity contribution >= 4 is 28.7 Å². The Morgan fingerprint density at radius 2 is 1.90 bits per heavy atom. The molecule has 1 heterocycles. The highest BCUT2D eigenvalue weighted by molar-refractivity contribution is 14.1. The molecular formula is C17H24INO2. The van der Waals surface area contributed by atoms with Crippen molar-refractivity contribution in [1.29, 1.82) is 0 Å². The van der Waals surface area contributed by atoms with Gasteiger partial charge >= 0.3 is 6.09 Å². The highest BCUT2D eigenvalue weighted by atomic mass is 127. The van der Waals surface area contributed by atoms with Crippen LogP contribution in [0.1, 0.15) is 45.2 Å². The Kier molecular flexibility index (Phi) is 4.85. The molecular weight excluding hydrogens is 377 g/mol. The lowest BCUT2D eigenvalue weighted by Gasteiger charge is -2.49. The summed E-state index contributed by atoms with van der Waals surface area (Å²) in [4.78, 5) is 13.6. The van der Waals surface area contributed by atoms with E-state index in [4.69, 9.17) is 0 Å². The van der Waals surface area contributed by atoms with Crippen molar-refractivity contribution in [3.8, 4) is 0 Å². The Balaban J connectivity index is 2.76. The van der Waals surface area contributed by atoms with Gasteiger partial charge in [-0.25, -0.2) is 4.79 Å². The SMILES string of the molecule is CC(C)C1(C(C)C)c2ccc(I)cc2CCCN1C(=O)O. The van der Waals surface area contributed by atoms with Crippen LogP contribution in [0.25, 0.3) is 0 Å². The molecule has 0 aromatic heterocycles. The number of nitrogens with zero attached hydrogens (tertiary/aromatic N) is 1. The molecule has 0 saturated heterocycles. The van der Waals surface area contributed by atoms with E-state index in [1.807, 2.05) is 0 Å². The van der Waals surface area contributed by atoms with Crippen LogP contribution < -0.4 is 0 Å². The van der Waals surface area contributed by atoms with E-state index in [0.29, 0.717) is 6.54 Å². The lowest BCUT2D eigenvalue weighted by Crippen LogP contribution is -2.55. The van der Waals surface area contributed by atoms with Crippen LogP contribution in [-0.4, -0.2) is 22.6 Å². The molecule has 0 spiro atoms. The quantitative estimate of drug-likeness (QED) is 0.729. The topological polar surface area (TPSA) is 40.5 Å². The molecule has 3 nitrogen and oxygen atoms in total. The van der Waals surface area contributed by atoms with E-state index in [1.165, 1.54) is 14.7 Å². The van der Waals surface area contributed by atoms with Gasteiger partial charge in [-0.2, -0.15) is 0 Å². The van der Waals surface area contributed by atoms with Crippen molar-refractivity contribution in [1.82, 2.24) is 4.90 Å². The van der Waals surface area contributed by atoms with Crippen LogP contribution in [0, 0.1) is 15.4 Å². The summed E-state index contributed by atoms with van der Waals surface area (Å²) in [5, 5.41) is 9.80. The second-order valence-electron chi connectivity index (χ2n) is 6.47. The second-order valence-corrected chi connectivity index (χ2v) is 7.72. The van der Waals surface area contributed by atoms with Crippen LogP contribution in [0.3, 0.4) is 0 Å². The number of hydrogen-bond donors (Lipinski definition) is 1. The Hall–Kier alpha value is -0.780. The van der Waals surface area contributed by atoms with Crippen LogP contribution in [0.4, 0.5) is 4.79 Å². The van der Waals surface area contributed by atoms with E-state index in [2.05, 4.69) is 68.5 Å². The van der Waals surface area contributed by atoms with E-state index < -0.39 is 11.6 Å². The molecule has 0 bridgehead atoms. The molecule has 0 fully saturated rings. The van der Waals surface area contributed by atoms with Gasteiger partial charge in [-0.1, -0.05) is 33.8 Å². The fourth-order valence-corrected chi connectivity index (χ4v) is 4.64. The number of hydrogen-bond acceptors (Lipinski definition) is 1. The summed E-state index contributed by atoms with van der Waals surface area (Å²) in [6, 6.07) is 6.48. The van der Waals surface area contributed by atoms with Gasteiger partial charge in [0.25, 0.3) is 0 Å². The first kappa shape index (κ1) is 16.6. The van der Waals surface area contributed by atoms with Crippen LogP contribution in [0.5, 0.6) is 0 Å². The van der Waals surface area contributed by atoms with Gasteiger partial charge in [0.05, 0.1) is 5.54 Å². The molecule has 1 aliphatic rings. The Morgan fingerprint density at radius 3 is 2.43 bits per heavy atom. The normalized spacial score (nSPS) is 17.8. The summed E-state index contributed by atoms with van der Waals surface area (Å²) in [7, 11) is 0. The lowest BCUT2D eigenvalue weighted by atomic mass is 9.69. The monoisotopic (exact) mass is 401 g/mol. The fraction of sp³-hybridized carbons (Fsp3) is 0.588. The van der Waals surface area contributed by atoms with Crippen LogP contribution in [0.2, 0.25) is 0 Å². The van der Waals surface area contributed by atoms with Crippen molar-refractivity contribution in [2.45, 2.75) is 46.1 Å². The smallest absolute Gasteiger partial charge is 0.408 e. The van der Waals surface area contributed by atoms with Gasteiger partial charge < -0.3 is 5.11 Å². The first-order chi connectivity index (χ1) is 9.81. The standard InChI is InChI=1S/C17H24INO2/c1-11(2)17(12(3)4)15-8-7-14(18)10-13(15)6-5-9-19(17)16(20)21/h7-8,10-12H,5-6,9H2,1-4H3,(H,20,21). The van der Waals surface area contributed by atoms with Crippen molar-refractivity contribution in [3.63, 3.8) is 0 Å². The summed E-state index contributed by atoms with van der Waals surface area (Å²) in [6.07, 6.45) is 1.04. The Morgan fingerprint density at radius 1 is 1.29 bits per heavy atom. The second kappa shape index (κ2) is 6.15. The molecule has 0 aliphatic carbocycles. The number of carboxylic acid groups (broad SMARTS) is 1. The molecule has 0 unspecified atom stereocenters. The molecule has 0 radical (unpaired) electrons. The summed E-state index contributed by atoms with van der Waals surface area (Å²) < 4.78 is 1.22. The third kappa shape index (κ3) is 2.67. The Bertz CT molecular complexity index is 532. The number of rotatable bonds is 2. The third-order valence-electron chi connectivity index (χ3n) is 4.76. The van der Waals surface area contributed by atoms with Gasteiger partial charge in [0, 0.05) is 10.1 Å². The molecule has 1 amide bonds. The maximum Gasteiger partial charge on any atom is 0.408 e. The van der Waals surface area contributed by atoms with E-state index >= 15 is 0 Å². The van der Waals surface area contributed by atoms with Gasteiger partial charge in [0.2, 0.25) is 0 Å². The molecule has 116 valence electrons. The minimum absolute atomic E-state index is 0.227. The average molecular weight is 401 g/mol. The lowest BCUT2D eigenvalue weighted by molar-refractivity contribution is 0.0105. The van der Waals surface area contributed by atoms with Crippen LogP contribution in [-0.2, 0) is 12.0 Å². The first-order valence-corrected chi connectivity index (χ1v) is 8.69. The minimum Gasteiger partial charge on any atom is -0.465 e. The van der Waals surface area contributed by atoms with Crippen molar-refractivity contribution in [2.24, 2.45) is 11.8 Å². The van der Waals surface area contributed by atoms with E-state index in [9.17, 15) is 9.90 Å². The van der Waals surface area contributed by atoms with Gasteiger partial charge in [0.15, 0.2) is 0 Å². The molecule has 21 heavy (non-hydrogen) atoms. The van der Waals surface area contributed by atoms with Crippen molar-refractivity contribution in [2.75, 3.05) is 6.54 Å². The van der Waals surface area contributed by atoms with Gasteiger partial charge in [0.1, 0.15) is 0 Å². The van der Waals surface area contributed by atoms with Gasteiger partial charge in [-0.05, 0) is 70.5 Å². The zero-order valence-corrected chi connectivity index (χ0v) is 15.3. The van der Waals surface area contributed by atoms with Gasteiger partial charge in [-0.3, -0.25) is 4.90 Å². The summed E-state index contributed by atoms with van der Waals surface area (Å²) in [5.74, 6) is 0.455. The predicted octanol–water partition coefficient (Wildman–Crippen LogP) is 4.72. The minimum atomic E-state index is -0.802. The third-order valence-corrected chi connectivity index (χ3v) is 5.44. The Labute approximate surface area is 140 Å². The number of amides is 1. The first-order valence-electron chi connectivity index (χ1n) is 7.61. The summed E-state index contributed by atoms with van der Waals surface area (Å²) >= 11 is 2.33. The van der Waals surface area contributed by atoms with E-state index in [1.54, 1.807) is 4.90 Å². The fourth-order valence-electron chi connectivity index (χ4n) is 4.08. The number of carbonyl (C=O) groups is 1. The van der Waals surface area contributed by atoms with E-state index in [-0.39, 0.29) is 11.8 Å². The van der Waals surface area contributed by atoms with Crippen molar-refractivity contribution < 1.29 is 9.90 Å². The molecule has 1 N–H and O–H groups in total. The maximum atomic E-state index is 11.9. The van der Waals surface area contributed by atoms with E-state index in [0.717, 1.165) is 12.8 Å². The maximum absolute atomic E-state index is 11.9. The molecule has 1 aromatic rings. The summed E-state index contributed by atoms with van der Waals surface area (Å²) in [6.45, 7) is 9.18. The zero-order valence-electron chi connectivity index (χ0n) is 13.2. The summed E-state index contributed by atoms with van der Waals surface area (Å²) in [5.41, 5.74) is 2.07. The number of aryl methyl sites for hydroxylation is 1. The van der Waals surface area contributed by atoms with Crippen LogP contribution >= 0.6 is 22.6 Å². The molecule has 4 heteroatoms. The zero-order chi connectivity index (χ0) is 15.8. The predicted molar refractivity (Wildman–Crippen MR) is 93.6 cm³/mol. The number of fused-ring (bicyclic) bond motifs is 1. The molecule has 0 saturated carbocycles.